The molecule has 0 bridgehead atoms. The molecule has 0 aromatic heterocycles. The van der Waals surface area contributed by atoms with Crippen molar-refractivity contribution in [3.63, 3.8) is 0 Å². The van der Waals surface area contributed by atoms with E-state index in [0.29, 0.717) is 0 Å². The molecule has 0 fully saturated rings. The average molecular weight is 106 g/mol. The maximum absolute atomic E-state index is 2.08. The Kier molecular flexibility index (Phi) is 2.89. The van der Waals surface area contributed by atoms with E-state index in [1.165, 1.54) is 5.56 Å². The fraction of sp³-hybridized carbons (Fsp3) is 0.143. The highest BCUT2D eigenvalue weighted by Crippen LogP contribution is 1.92. The number of hydrogen-bond acceptors (Lipinski definition) is 0. The van der Waals surface area contributed by atoms with E-state index in [0.717, 1.165) is 0 Å². The first-order valence-corrected chi connectivity index (χ1v) is 2.41. The Morgan fingerprint density at radius 1 is 1.00 bits per heavy atom. The Hall–Kier alpha value is -0.820. The van der Waals surface area contributed by atoms with Gasteiger partial charge in [-0.3, -0.25) is 0 Å². The normalized spacial score (nSPS) is 7.62. The molecule has 1 rings (SSSR count). The van der Waals surface area contributed by atoms with Crippen LogP contribution in [0.5, 0.6) is 0 Å². The zero-order valence-corrected chi connectivity index (χ0v) is 4.83. The topological polar surface area (TPSA) is 30.5 Å². The van der Waals surface area contributed by atoms with Crippen LogP contribution >= 0.6 is 0 Å². The summed E-state index contributed by atoms with van der Waals surface area (Å²) in [4.78, 5) is 0. The minimum absolute atomic E-state index is 0. The molecule has 1 aromatic carbocycles. The van der Waals surface area contributed by atoms with Gasteiger partial charge in [0.25, 0.3) is 0 Å². The van der Waals surface area contributed by atoms with Gasteiger partial charge in [0.15, 0.2) is 0 Å². The van der Waals surface area contributed by atoms with Crippen LogP contribution in [0.25, 0.3) is 0 Å². The van der Waals surface area contributed by atoms with E-state index in [-0.39, 0.29) is 6.15 Å². The Bertz CT molecular complexity index is 134. The van der Waals surface area contributed by atoms with E-state index < -0.39 is 0 Å². The number of hydrogen-bond donors (Lipinski definition) is 0. The highest BCUT2D eigenvalue weighted by atomic mass is 14.0. The fourth-order valence-corrected chi connectivity index (χ4v) is 0.534. The lowest BCUT2D eigenvalue weighted by molar-refractivity contribution is 1.48. The van der Waals surface area contributed by atoms with Gasteiger partial charge in [-0.25, -0.2) is 0 Å². The van der Waals surface area contributed by atoms with Gasteiger partial charge in [-0.1, -0.05) is 35.9 Å². The van der Waals surface area contributed by atoms with Crippen molar-refractivity contribution < 1.29 is 0 Å². The van der Waals surface area contributed by atoms with Crippen LogP contribution < -0.4 is 6.15 Å². The minimum atomic E-state index is 0. The zero-order valence-electron chi connectivity index (χ0n) is 4.83. The monoisotopic (exact) mass is 106 g/mol. The predicted molar refractivity (Wildman–Crippen MR) is 33.3 cm³/mol. The van der Waals surface area contributed by atoms with Gasteiger partial charge < -0.3 is 0 Å². The summed E-state index contributed by atoms with van der Waals surface area (Å²) < 4.78 is 0. The van der Waals surface area contributed by atoms with Gasteiger partial charge in [0.05, 0.1) is 0 Å². The predicted octanol–water partition coefficient (Wildman–Crippen LogP) is 1.51. The summed E-state index contributed by atoms with van der Waals surface area (Å²) in [5, 5.41) is 0. The smallest absolute Gasteiger partial charge is 0 e. The maximum Gasteiger partial charge on any atom is 0 e. The molecule has 3 radical (unpaired) electrons. The Labute approximate surface area is 49.9 Å². The summed E-state index contributed by atoms with van der Waals surface area (Å²) >= 11 is 0. The summed E-state index contributed by atoms with van der Waals surface area (Å²) in [6, 6.07) is 10.3. The maximum atomic E-state index is 2.08. The van der Waals surface area contributed by atoms with Crippen molar-refractivity contribution in [1.29, 1.82) is 0 Å². The molecule has 0 aliphatic carbocycles. The Morgan fingerprint density at radius 3 is 1.75 bits per heavy atom. The van der Waals surface area contributed by atoms with E-state index in [1.54, 1.807) is 0 Å². The Balaban J connectivity index is 0.000000490. The highest BCUT2D eigenvalue weighted by molar-refractivity contribution is 5.11. The summed E-state index contributed by atoms with van der Waals surface area (Å²) in [5.41, 5.74) is 1.32. The van der Waals surface area contributed by atoms with Crippen molar-refractivity contribution in [2.75, 3.05) is 0 Å². The lowest BCUT2D eigenvalue weighted by Crippen LogP contribution is -1.62. The SMILES string of the molecule is Cc1ccccc1.[N]. The minimum Gasteiger partial charge on any atom is -0.0622 e. The van der Waals surface area contributed by atoms with Crippen molar-refractivity contribution in [1.82, 2.24) is 6.15 Å². The quantitative estimate of drug-likeness (QED) is 0.480. The second-order valence-corrected chi connectivity index (χ2v) is 1.65. The van der Waals surface area contributed by atoms with Crippen molar-refractivity contribution in [2.45, 2.75) is 6.92 Å². The van der Waals surface area contributed by atoms with Crippen LogP contribution in [0.4, 0.5) is 0 Å². The van der Waals surface area contributed by atoms with Gasteiger partial charge in [0.1, 0.15) is 0 Å². The third-order valence-corrected chi connectivity index (χ3v) is 0.940. The van der Waals surface area contributed by atoms with Gasteiger partial charge >= 0.3 is 0 Å². The van der Waals surface area contributed by atoms with Crippen molar-refractivity contribution in [3.05, 3.63) is 35.9 Å². The first-order chi connectivity index (χ1) is 3.39. The number of rotatable bonds is 0. The molecule has 0 saturated heterocycles. The summed E-state index contributed by atoms with van der Waals surface area (Å²) in [6.45, 7) is 2.08. The fourth-order valence-electron chi connectivity index (χ4n) is 0.534. The van der Waals surface area contributed by atoms with Crippen LogP contribution in [0.2, 0.25) is 0 Å². The van der Waals surface area contributed by atoms with Gasteiger partial charge in [0, 0.05) is 6.15 Å². The lowest BCUT2D eigenvalue weighted by Gasteiger charge is -1.82. The lowest BCUT2D eigenvalue weighted by atomic mass is 10.2. The van der Waals surface area contributed by atoms with Crippen LogP contribution in [-0.2, 0) is 0 Å². The molecular formula is C7H8N. The van der Waals surface area contributed by atoms with Crippen LogP contribution in [0.1, 0.15) is 5.56 Å². The number of aryl methyl sites for hydroxylation is 1. The van der Waals surface area contributed by atoms with Crippen molar-refractivity contribution in [2.24, 2.45) is 0 Å². The van der Waals surface area contributed by atoms with Crippen molar-refractivity contribution >= 4 is 0 Å². The largest absolute Gasteiger partial charge is 0.0622 e. The molecule has 0 heterocycles. The van der Waals surface area contributed by atoms with E-state index in [9.17, 15) is 0 Å². The second kappa shape index (κ2) is 3.22. The van der Waals surface area contributed by atoms with Crippen LogP contribution in [0.3, 0.4) is 0 Å². The molecule has 0 aliphatic heterocycles. The summed E-state index contributed by atoms with van der Waals surface area (Å²) in [5.74, 6) is 0. The molecule has 1 aromatic rings. The van der Waals surface area contributed by atoms with E-state index in [4.69, 9.17) is 0 Å². The van der Waals surface area contributed by atoms with E-state index in [1.807, 2.05) is 18.2 Å². The van der Waals surface area contributed by atoms with Gasteiger partial charge in [-0.15, -0.1) is 0 Å². The molecule has 0 spiro atoms. The zero-order chi connectivity index (χ0) is 5.11. The molecule has 0 unspecified atom stereocenters. The molecule has 41 valence electrons. The van der Waals surface area contributed by atoms with E-state index in [2.05, 4.69) is 19.1 Å². The number of benzene rings is 1. The molecule has 0 amide bonds. The average Bonchev–Trinajstić information content (AvgIpc) is 1.69. The second-order valence-electron chi connectivity index (χ2n) is 1.65. The molecular weight excluding hydrogens is 98.1 g/mol. The third-order valence-electron chi connectivity index (χ3n) is 0.940. The van der Waals surface area contributed by atoms with Gasteiger partial charge in [0.2, 0.25) is 0 Å². The van der Waals surface area contributed by atoms with Crippen LogP contribution in [0, 0.1) is 6.92 Å². The highest BCUT2D eigenvalue weighted by Gasteiger charge is 1.72. The first kappa shape index (κ1) is 7.18. The Morgan fingerprint density at radius 2 is 1.50 bits per heavy atom. The third kappa shape index (κ3) is 1.76. The molecule has 8 heavy (non-hydrogen) atoms. The first-order valence-electron chi connectivity index (χ1n) is 2.41. The molecule has 0 saturated carbocycles. The molecule has 0 atom stereocenters. The summed E-state index contributed by atoms with van der Waals surface area (Å²) in [7, 11) is 0. The number of nitrogens with zero attached hydrogens (tertiary/aromatic N) is 1. The van der Waals surface area contributed by atoms with Gasteiger partial charge in [-0.2, -0.15) is 0 Å². The molecule has 1 nitrogen and oxygen atoms in total. The van der Waals surface area contributed by atoms with Gasteiger partial charge in [-0.05, 0) is 6.92 Å². The summed E-state index contributed by atoms with van der Waals surface area (Å²) in [6.07, 6.45) is 0. The molecule has 0 aliphatic rings. The van der Waals surface area contributed by atoms with E-state index >= 15 is 0 Å². The van der Waals surface area contributed by atoms with Crippen LogP contribution in [-0.4, -0.2) is 0 Å². The molecule has 0 N–H and O–H groups in total. The van der Waals surface area contributed by atoms with Crippen molar-refractivity contribution in [3.8, 4) is 0 Å². The molecule has 1 heteroatoms. The standard InChI is InChI=1S/C7H8.N/c1-7-5-3-2-4-6-7;/h2-6H,1H3;. The van der Waals surface area contributed by atoms with Crippen LogP contribution in [0.15, 0.2) is 30.3 Å².